The molecule has 0 saturated carbocycles. The summed E-state index contributed by atoms with van der Waals surface area (Å²) in [5.74, 6) is 0.164. The minimum atomic E-state index is -0.346. The Morgan fingerprint density at radius 1 is 0.955 bits per heavy atom. The molecule has 1 aromatic heterocycles. The summed E-state index contributed by atoms with van der Waals surface area (Å²) < 4.78 is 5.31. The van der Waals surface area contributed by atoms with Gasteiger partial charge in [0.25, 0.3) is 0 Å². The van der Waals surface area contributed by atoms with Crippen molar-refractivity contribution in [2.45, 2.75) is 0 Å². The highest BCUT2D eigenvalue weighted by Crippen LogP contribution is 2.23. The Bertz CT molecular complexity index is 813. The molecule has 0 aliphatic carbocycles. The van der Waals surface area contributed by atoms with Crippen LogP contribution in [-0.4, -0.2) is 5.97 Å². The van der Waals surface area contributed by atoms with Crippen molar-refractivity contribution in [1.82, 2.24) is 0 Å². The van der Waals surface area contributed by atoms with Crippen LogP contribution in [0.2, 0.25) is 0 Å². The summed E-state index contributed by atoms with van der Waals surface area (Å²) in [6.07, 6.45) is 0. The first kappa shape index (κ1) is 14.1. The second-order valence-corrected chi connectivity index (χ2v) is 5.53. The molecule has 2 aromatic carbocycles. The first-order valence-electron chi connectivity index (χ1n) is 6.62. The molecule has 0 fully saturated rings. The Kier molecular flexibility index (Phi) is 3.99. The highest BCUT2D eigenvalue weighted by Gasteiger charge is 2.09. The van der Waals surface area contributed by atoms with E-state index in [1.54, 1.807) is 30.3 Å². The van der Waals surface area contributed by atoms with Gasteiger partial charge in [0.1, 0.15) is 10.6 Å². The molecule has 1 heterocycles. The van der Waals surface area contributed by atoms with Crippen molar-refractivity contribution in [2.24, 2.45) is 0 Å². The fraction of sp³-hybridized carbons (Fsp3) is 0. The van der Waals surface area contributed by atoms with E-state index in [1.165, 1.54) is 11.3 Å². The van der Waals surface area contributed by atoms with Gasteiger partial charge in [0.05, 0.1) is 11.6 Å². The number of carbonyl (C=O) groups is 1. The minimum Gasteiger partial charge on any atom is -0.422 e. The largest absolute Gasteiger partial charge is 0.422 e. The second-order valence-electron chi connectivity index (χ2n) is 4.58. The van der Waals surface area contributed by atoms with Crippen LogP contribution < -0.4 is 4.74 Å². The summed E-state index contributed by atoms with van der Waals surface area (Å²) in [5, 5.41) is 10.6. The predicted molar refractivity (Wildman–Crippen MR) is 85.9 cm³/mol. The topological polar surface area (TPSA) is 50.1 Å². The molecule has 0 radical (unpaired) electrons. The Morgan fingerprint density at radius 2 is 1.59 bits per heavy atom. The molecule has 0 N–H and O–H groups in total. The van der Waals surface area contributed by atoms with Crippen LogP contribution in [0.15, 0.2) is 66.0 Å². The Balaban J connectivity index is 1.75. The van der Waals surface area contributed by atoms with Crippen LogP contribution in [0, 0.1) is 11.3 Å². The van der Waals surface area contributed by atoms with Crippen molar-refractivity contribution in [3.8, 4) is 22.9 Å². The second kappa shape index (κ2) is 6.25. The van der Waals surface area contributed by atoms with Gasteiger partial charge >= 0.3 is 5.97 Å². The lowest BCUT2D eigenvalue weighted by atomic mass is 10.0. The number of carbonyl (C=O) groups excluding carboxylic acids is 1. The van der Waals surface area contributed by atoms with E-state index in [4.69, 9.17) is 10.00 Å². The van der Waals surface area contributed by atoms with Crippen molar-refractivity contribution in [2.75, 3.05) is 0 Å². The molecule has 0 unspecified atom stereocenters. The zero-order valence-corrected chi connectivity index (χ0v) is 12.3. The van der Waals surface area contributed by atoms with Gasteiger partial charge in [0, 0.05) is 0 Å². The predicted octanol–water partition coefficient (Wildman–Crippen LogP) is 4.51. The van der Waals surface area contributed by atoms with E-state index in [0.29, 0.717) is 16.2 Å². The van der Waals surface area contributed by atoms with Gasteiger partial charge in [-0.15, -0.1) is 11.3 Å². The Morgan fingerprint density at radius 3 is 2.14 bits per heavy atom. The van der Waals surface area contributed by atoms with Crippen molar-refractivity contribution in [3.05, 3.63) is 76.5 Å². The van der Waals surface area contributed by atoms with Crippen LogP contribution in [0.25, 0.3) is 11.1 Å². The molecule has 0 spiro atoms. The normalized spacial score (nSPS) is 9.95. The monoisotopic (exact) mass is 305 g/mol. The number of nitrogens with zero attached hydrogens (tertiary/aromatic N) is 1. The van der Waals surface area contributed by atoms with Crippen LogP contribution in [0.3, 0.4) is 0 Å². The van der Waals surface area contributed by atoms with E-state index >= 15 is 0 Å². The maximum Gasteiger partial charge on any atom is 0.353 e. The van der Waals surface area contributed by atoms with Crippen molar-refractivity contribution < 1.29 is 9.53 Å². The summed E-state index contributed by atoms with van der Waals surface area (Å²) in [4.78, 5) is 12.4. The van der Waals surface area contributed by atoms with Gasteiger partial charge in [-0.2, -0.15) is 5.26 Å². The fourth-order valence-electron chi connectivity index (χ4n) is 2.00. The van der Waals surface area contributed by atoms with Gasteiger partial charge in [0.2, 0.25) is 0 Å². The molecule has 3 rings (SSSR count). The molecular formula is C18H11NO2S. The molecule has 106 valence electrons. The van der Waals surface area contributed by atoms with E-state index in [0.717, 1.165) is 11.1 Å². The molecular weight excluding hydrogens is 294 g/mol. The SMILES string of the molecule is N#Cc1ccc(-c2ccc(OC(=O)c3cccs3)cc2)cc1. The number of thiophene rings is 1. The first-order valence-corrected chi connectivity index (χ1v) is 7.50. The van der Waals surface area contributed by atoms with E-state index in [1.807, 2.05) is 35.7 Å². The van der Waals surface area contributed by atoms with E-state index in [9.17, 15) is 4.79 Å². The quantitative estimate of drug-likeness (QED) is 0.528. The summed E-state index contributed by atoms with van der Waals surface area (Å²) in [6, 6.07) is 20.3. The molecule has 3 aromatic rings. The lowest BCUT2D eigenvalue weighted by molar-refractivity contribution is 0.0740. The van der Waals surface area contributed by atoms with Crippen molar-refractivity contribution in [3.63, 3.8) is 0 Å². The maximum absolute atomic E-state index is 11.9. The summed E-state index contributed by atoms with van der Waals surface area (Å²) in [6.45, 7) is 0. The standard InChI is InChI=1S/C18H11NO2S/c19-12-13-3-5-14(6-4-13)15-7-9-16(10-8-15)21-18(20)17-2-1-11-22-17/h1-11H. The molecule has 3 nitrogen and oxygen atoms in total. The van der Waals surface area contributed by atoms with E-state index in [-0.39, 0.29) is 5.97 Å². The lowest BCUT2D eigenvalue weighted by Crippen LogP contribution is -2.05. The average Bonchev–Trinajstić information content (AvgIpc) is 3.10. The number of benzene rings is 2. The summed E-state index contributed by atoms with van der Waals surface area (Å²) in [7, 11) is 0. The van der Waals surface area contributed by atoms with Gasteiger partial charge in [-0.1, -0.05) is 30.3 Å². The van der Waals surface area contributed by atoms with Gasteiger partial charge in [-0.25, -0.2) is 4.79 Å². The number of esters is 1. The molecule has 22 heavy (non-hydrogen) atoms. The Labute approximate surface area is 132 Å². The third kappa shape index (κ3) is 3.05. The number of hydrogen-bond donors (Lipinski definition) is 0. The lowest BCUT2D eigenvalue weighted by Gasteiger charge is -2.05. The number of hydrogen-bond acceptors (Lipinski definition) is 4. The molecule has 0 saturated heterocycles. The van der Waals surface area contributed by atoms with Crippen LogP contribution in [0.5, 0.6) is 5.75 Å². The number of ether oxygens (including phenoxy) is 1. The van der Waals surface area contributed by atoms with E-state index in [2.05, 4.69) is 6.07 Å². The van der Waals surface area contributed by atoms with Crippen LogP contribution in [0.4, 0.5) is 0 Å². The maximum atomic E-state index is 11.9. The molecule has 0 amide bonds. The molecule has 0 aliphatic heterocycles. The first-order chi connectivity index (χ1) is 10.8. The van der Waals surface area contributed by atoms with Gasteiger partial charge in [-0.3, -0.25) is 0 Å². The van der Waals surface area contributed by atoms with Crippen molar-refractivity contribution in [1.29, 1.82) is 5.26 Å². The molecule has 0 atom stereocenters. The number of rotatable bonds is 3. The highest BCUT2D eigenvalue weighted by molar-refractivity contribution is 7.12. The highest BCUT2D eigenvalue weighted by atomic mass is 32.1. The smallest absolute Gasteiger partial charge is 0.353 e. The molecule has 0 bridgehead atoms. The van der Waals surface area contributed by atoms with Crippen LogP contribution >= 0.6 is 11.3 Å². The third-order valence-corrected chi connectivity index (χ3v) is 3.98. The fourth-order valence-corrected chi connectivity index (χ4v) is 2.60. The van der Waals surface area contributed by atoms with Gasteiger partial charge < -0.3 is 4.74 Å². The molecule has 0 aliphatic rings. The number of nitriles is 1. The van der Waals surface area contributed by atoms with Crippen LogP contribution in [0.1, 0.15) is 15.2 Å². The van der Waals surface area contributed by atoms with Crippen molar-refractivity contribution >= 4 is 17.3 Å². The summed E-state index contributed by atoms with van der Waals surface area (Å²) in [5.41, 5.74) is 2.64. The average molecular weight is 305 g/mol. The third-order valence-electron chi connectivity index (χ3n) is 3.13. The van der Waals surface area contributed by atoms with Gasteiger partial charge in [0.15, 0.2) is 0 Å². The van der Waals surface area contributed by atoms with E-state index < -0.39 is 0 Å². The van der Waals surface area contributed by atoms with Crippen LogP contribution in [-0.2, 0) is 0 Å². The minimum absolute atomic E-state index is 0.346. The summed E-state index contributed by atoms with van der Waals surface area (Å²) >= 11 is 1.35. The zero-order valence-electron chi connectivity index (χ0n) is 11.5. The zero-order chi connectivity index (χ0) is 15.4. The Hall–Kier alpha value is -2.90. The molecule has 4 heteroatoms. The van der Waals surface area contributed by atoms with Gasteiger partial charge in [-0.05, 0) is 46.8 Å².